The maximum absolute atomic E-state index is 12.9. The fraction of sp³-hybridized carbons (Fsp3) is 0.811. The highest BCUT2D eigenvalue weighted by Crippen LogP contribution is 2.75. The van der Waals surface area contributed by atoms with E-state index in [1.165, 1.54) is 22.2 Å². The number of carboxylic acids is 1. The largest absolute Gasteiger partial charge is 0.481 e. The number of allylic oxidation sites excluding steroid dienone is 2. The topological polar surface area (TPSA) is 96.3 Å². The molecule has 1 aliphatic heterocycles. The van der Waals surface area contributed by atoms with E-state index in [0.29, 0.717) is 22.6 Å². The van der Waals surface area contributed by atoms with Crippen molar-refractivity contribution in [3.05, 3.63) is 11.6 Å². The van der Waals surface area contributed by atoms with E-state index in [2.05, 4.69) is 59.7 Å². The summed E-state index contributed by atoms with van der Waals surface area (Å²) < 4.78 is 0.428. The second-order valence-corrected chi connectivity index (χ2v) is 19.4. The fourth-order valence-electron chi connectivity index (χ4n) is 11.8. The van der Waals surface area contributed by atoms with Gasteiger partial charge in [0, 0.05) is 5.41 Å². The van der Waals surface area contributed by atoms with Crippen LogP contribution in [0, 0.1) is 50.2 Å². The van der Waals surface area contributed by atoms with Crippen LogP contribution in [0.1, 0.15) is 126 Å². The highest BCUT2D eigenvalue weighted by atomic mass is 32.2. The Labute approximate surface area is 285 Å². The molecule has 4 saturated carbocycles. The van der Waals surface area contributed by atoms with E-state index in [1.807, 2.05) is 6.92 Å². The van der Waals surface area contributed by atoms with E-state index in [-0.39, 0.29) is 50.7 Å². The minimum atomic E-state index is -0.621. The first-order chi connectivity index (χ1) is 21.4. The Bertz CT molecular complexity index is 1420. The molecule has 1 amide bonds. The normalized spacial score (nSPS) is 43.6. The van der Waals surface area contributed by atoms with Crippen molar-refractivity contribution in [2.24, 2.45) is 55.4 Å². The Morgan fingerprint density at radius 3 is 2.39 bits per heavy atom. The number of amides is 1. The zero-order valence-electron chi connectivity index (χ0n) is 29.2. The molecule has 4 unspecified atom stereocenters. The number of thiocarbonyl (C=S) groups is 1. The van der Waals surface area contributed by atoms with Gasteiger partial charge in [-0.2, -0.15) is 0 Å². The standard InChI is InChI=1S/C37H54N2O5S2/c1-9-24-29(41)39(31(45)46-24)21-28(40)44-38-27-13-14-34(6)25(33(27,4)5)12-15-36(8)26(34)11-10-22-23-20-32(2,3)16-18-37(23,30(42)43)19-17-35(22,36)7/h10,23-26H,9,11-21H2,1-8H3,(H,42,43)/b38-27+/t23?,24?,25?,26?,34-,35+,36+,37-/m1/s1. The molecule has 6 aliphatic rings. The van der Waals surface area contributed by atoms with Crippen molar-refractivity contribution in [1.82, 2.24) is 4.90 Å². The molecule has 6 rings (SSSR count). The minimum Gasteiger partial charge on any atom is -0.481 e. The van der Waals surface area contributed by atoms with Crippen LogP contribution in [0.3, 0.4) is 0 Å². The van der Waals surface area contributed by atoms with E-state index < -0.39 is 17.4 Å². The third-order valence-corrected chi connectivity index (χ3v) is 16.5. The Morgan fingerprint density at radius 2 is 1.74 bits per heavy atom. The summed E-state index contributed by atoms with van der Waals surface area (Å²) in [6.07, 6.45) is 12.6. The predicted octanol–water partition coefficient (Wildman–Crippen LogP) is 8.41. The molecule has 9 heteroatoms. The summed E-state index contributed by atoms with van der Waals surface area (Å²) in [5.41, 5.74) is 1.82. The number of hydrogen-bond donors (Lipinski definition) is 1. The summed E-state index contributed by atoms with van der Waals surface area (Å²) in [4.78, 5) is 45.3. The molecule has 0 aromatic carbocycles. The lowest BCUT2D eigenvalue weighted by atomic mass is 9.33. The average Bonchev–Trinajstić information content (AvgIpc) is 3.24. The summed E-state index contributed by atoms with van der Waals surface area (Å²) in [5, 5.41) is 14.9. The lowest BCUT2D eigenvalue weighted by molar-refractivity contribution is -0.179. The molecule has 1 N–H and O–H groups in total. The van der Waals surface area contributed by atoms with Gasteiger partial charge in [0.15, 0.2) is 0 Å². The molecule has 0 aromatic heterocycles. The number of hydrogen-bond acceptors (Lipinski definition) is 7. The van der Waals surface area contributed by atoms with Crippen LogP contribution in [0.15, 0.2) is 16.8 Å². The molecule has 5 aliphatic carbocycles. The first-order valence-corrected chi connectivity index (χ1v) is 18.9. The van der Waals surface area contributed by atoms with Crippen molar-refractivity contribution in [1.29, 1.82) is 0 Å². The Kier molecular flexibility index (Phi) is 8.27. The summed E-state index contributed by atoms with van der Waals surface area (Å²) in [6.45, 7) is 18.5. The third-order valence-electron chi connectivity index (χ3n) is 14.8. The Hall–Kier alpha value is -1.74. The first-order valence-electron chi connectivity index (χ1n) is 17.6. The van der Waals surface area contributed by atoms with Crippen molar-refractivity contribution >= 4 is 51.9 Å². The van der Waals surface area contributed by atoms with Gasteiger partial charge in [-0.05, 0) is 110 Å². The Balaban J connectivity index is 1.24. The highest BCUT2D eigenvalue weighted by Gasteiger charge is 2.69. The molecule has 0 spiro atoms. The quantitative estimate of drug-likeness (QED) is 0.136. The molecular weight excluding hydrogens is 617 g/mol. The number of carbonyl (C=O) groups excluding carboxylic acids is 2. The van der Waals surface area contributed by atoms with Crippen LogP contribution >= 0.6 is 24.0 Å². The van der Waals surface area contributed by atoms with Crippen LogP contribution in [-0.2, 0) is 19.2 Å². The van der Waals surface area contributed by atoms with Gasteiger partial charge in [0.1, 0.15) is 10.9 Å². The fourth-order valence-corrected chi connectivity index (χ4v) is 13.2. The number of fused-ring (bicyclic) bond motifs is 7. The highest BCUT2D eigenvalue weighted by molar-refractivity contribution is 8.24. The molecule has 254 valence electrons. The summed E-state index contributed by atoms with van der Waals surface area (Å²) in [6, 6.07) is 0. The number of nitrogens with zero attached hydrogens (tertiary/aromatic N) is 2. The summed E-state index contributed by atoms with van der Waals surface area (Å²) in [5.74, 6) is -0.288. The molecular formula is C37H54N2O5S2. The van der Waals surface area contributed by atoms with Gasteiger partial charge < -0.3 is 9.94 Å². The van der Waals surface area contributed by atoms with E-state index in [0.717, 1.165) is 69.9 Å². The van der Waals surface area contributed by atoms with Crippen LogP contribution in [0.5, 0.6) is 0 Å². The van der Waals surface area contributed by atoms with Crippen LogP contribution in [0.2, 0.25) is 0 Å². The van der Waals surface area contributed by atoms with Crippen molar-refractivity contribution in [2.45, 2.75) is 131 Å². The number of oxime groups is 1. The lowest BCUT2D eigenvalue weighted by Gasteiger charge is -2.70. The van der Waals surface area contributed by atoms with Gasteiger partial charge in [-0.3, -0.25) is 14.5 Å². The zero-order valence-corrected chi connectivity index (χ0v) is 30.8. The summed E-state index contributed by atoms with van der Waals surface area (Å²) in [7, 11) is 0. The van der Waals surface area contributed by atoms with Gasteiger partial charge in [-0.1, -0.05) is 96.2 Å². The monoisotopic (exact) mass is 670 g/mol. The lowest BCUT2D eigenvalue weighted by Crippen LogP contribution is -2.64. The molecule has 7 nitrogen and oxygen atoms in total. The number of aliphatic carboxylic acids is 1. The van der Waals surface area contributed by atoms with E-state index >= 15 is 0 Å². The van der Waals surface area contributed by atoms with Gasteiger partial charge in [0.05, 0.1) is 16.4 Å². The smallest absolute Gasteiger partial charge is 0.354 e. The van der Waals surface area contributed by atoms with Gasteiger partial charge >= 0.3 is 11.9 Å². The van der Waals surface area contributed by atoms with Gasteiger partial charge in [-0.15, -0.1) is 0 Å². The molecule has 8 atom stereocenters. The first kappa shape index (κ1) is 34.1. The minimum absolute atomic E-state index is 0.0162. The molecule has 5 fully saturated rings. The van der Waals surface area contributed by atoms with Crippen molar-refractivity contribution in [3.8, 4) is 0 Å². The van der Waals surface area contributed by atoms with Gasteiger partial charge in [0.25, 0.3) is 0 Å². The van der Waals surface area contributed by atoms with Crippen LogP contribution in [0.25, 0.3) is 0 Å². The van der Waals surface area contributed by atoms with Crippen molar-refractivity contribution in [2.75, 3.05) is 6.54 Å². The van der Waals surface area contributed by atoms with E-state index in [1.54, 1.807) is 0 Å². The second kappa shape index (κ2) is 11.1. The molecule has 1 saturated heterocycles. The van der Waals surface area contributed by atoms with E-state index in [4.69, 9.17) is 17.1 Å². The molecule has 1 heterocycles. The zero-order chi connectivity index (χ0) is 33.7. The number of thioether (sulfide) groups is 1. The SMILES string of the molecule is CCC1SC(=S)N(CC(=O)O/N=C2\CC[C@]3(C)C(CC[C@@]4(C)C3CC=C3C5CC(C)(C)CC[C@@]5(C(=O)O)CC[C@@]34C)C2(C)C)C1=O. The van der Waals surface area contributed by atoms with Crippen LogP contribution < -0.4 is 0 Å². The maximum atomic E-state index is 12.9. The van der Waals surface area contributed by atoms with Crippen LogP contribution in [0.4, 0.5) is 0 Å². The van der Waals surface area contributed by atoms with Crippen molar-refractivity contribution < 1.29 is 24.3 Å². The second-order valence-electron chi connectivity index (χ2n) is 17.6. The van der Waals surface area contributed by atoms with Crippen molar-refractivity contribution in [3.63, 3.8) is 0 Å². The average molecular weight is 671 g/mol. The third kappa shape index (κ3) is 4.81. The maximum Gasteiger partial charge on any atom is 0.354 e. The predicted molar refractivity (Wildman–Crippen MR) is 186 cm³/mol. The number of carbonyl (C=O) groups is 3. The number of carboxylic acid groups (broad SMARTS) is 1. The van der Waals surface area contributed by atoms with Gasteiger partial charge in [0.2, 0.25) is 5.91 Å². The number of rotatable bonds is 5. The summed E-state index contributed by atoms with van der Waals surface area (Å²) >= 11 is 6.69. The van der Waals surface area contributed by atoms with Crippen LogP contribution in [-0.4, -0.2) is 49.7 Å². The molecule has 0 radical (unpaired) electrons. The molecule has 0 bridgehead atoms. The molecule has 46 heavy (non-hydrogen) atoms. The van der Waals surface area contributed by atoms with Gasteiger partial charge in [-0.25, -0.2) is 4.79 Å². The van der Waals surface area contributed by atoms with E-state index in [9.17, 15) is 19.5 Å². The molecule has 0 aromatic rings. The Morgan fingerprint density at radius 1 is 1.04 bits per heavy atom.